The van der Waals surface area contributed by atoms with Gasteiger partial charge in [0.15, 0.2) is 0 Å². The van der Waals surface area contributed by atoms with E-state index in [9.17, 15) is 15.0 Å². The van der Waals surface area contributed by atoms with Gasteiger partial charge in [0.2, 0.25) is 0 Å². The van der Waals surface area contributed by atoms with E-state index < -0.39 is 12.2 Å². The van der Waals surface area contributed by atoms with Crippen LogP contribution in [0, 0.1) is 22.2 Å². The molecule has 2 fully saturated rings. The maximum Gasteiger partial charge on any atom is 0.332 e. The zero-order valence-corrected chi connectivity index (χ0v) is 24.4. The van der Waals surface area contributed by atoms with Gasteiger partial charge in [-0.15, -0.1) is 0 Å². The van der Waals surface area contributed by atoms with Crippen molar-refractivity contribution in [1.82, 2.24) is 0 Å². The highest BCUT2D eigenvalue weighted by atomic mass is 16.6. The Kier molecular flexibility index (Phi) is 9.04. The van der Waals surface area contributed by atoms with Crippen molar-refractivity contribution in [2.45, 2.75) is 118 Å². The molecule has 0 spiro atoms. The van der Waals surface area contributed by atoms with E-state index in [2.05, 4.69) is 73.3 Å². The van der Waals surface area contributed by atoms with E-state index in [0.717, 1.165) is 36.8 Å². The van der Waals surface area contributed by atoms with Crippen LogP contribution < -0.4 is 0 Å². The van der Waals surface area contributed by atoms with Gasteiger partial charge in [-0.1, -0.05) is 78.8 Å². The fourth-order valence-corrected chi connectivity index (χ4v) is 7.05. The lowest BCUT2D eigenvalue weighted by molar-refractivity contribution is -0.170. The Bertz CT molecular complexity index is 943. The number of carbonyl (C=O) groups is 1. The highest BCUT2D eigenvalue weighted by Crippen LogP contribution is 2.55. The Morgan fingerprint density at radius 1 is 1.19 bits per heavy atom. The van der Waals surface area contributed by atoms with Crippen molar-refractivity contribution in [2.24, 2.45) is 22.2 Å². The van der Waals surface area contributed by atoms with Crippen molar-refractivity contribution in [2.75, 3.05) is 6.61 Å². The van der Waals surface area contributed by atoms with Crippen LogP contribution in [0.4, 0.5) is 0 Å². The molecule has 0 bridgehead atoms. The average Bonchev–Trinajstić information content (AvgIpc) is 3.13. The summed E-state index contributed by atoms with van der Waals surface area (Å²) in [6, 6.07) is 0. The van der Waals surface area contributed by atoms with Gasteiger partial charge in [-0.05, 0) is 77.9 Å². The van der Waals surface area contributed by atoms with Gasteiger partial charge in [-0.3, -0.25) is 0 Å². The molecular weight excluding hydrogens is 464 g/mol. The van der Waals surface area contributed by atoms with E-state index in [0.29, 0.717) is 18.8 Å². The second kappa shape index (κ2) is 11.2. The number of esters is 1. The first kappa shape index (κ1) is 29.9. The predicted octanol–water partition coefficient (Wildman–Crippen LogP) is 6.46. The standard InChI is InChI=1S/C32H50O5/c1-20-23(17-24(33)18-27(20)34)13-12-22-11-10-16-32(9)25(14-15-26(22)32)21(2)36-19-28(35)37-29(30(3,4)5)31(6,7)8/h12-14,21,24,26-27,29,33-34H,1,10-11,15-19H2,2-9H3/b22-12+,23-13-/t21?,24-,26+,27+,32-/m1/s1. The third-order valence-corrected chi connectivity index (χ3v) is 8.59. The Balaban J connectivity index is 1.66. The highest BCUT2D eigenvalue weighted by Gasteiger charge is 2.46. The number of aliphatic hydroxyl groups is 2. The average molecular weight is 515 g/mol. The fraction of sp³-hybridized carbons (Fsp3) is 0.719. The van der Waals surface area contributed by atoms with Crippen molar-refractivity contribution in [3.63, 3.8) is 0 Å². The molecule has 3 rings (SSSR count). The lowest BCUT2D eigenvalue weighted by atomic mass is 9.63. The summed E-state index contributed by atoms with van der Waals surface area (Å²) in [6.07, 6.45) is 10.1. The largest absolute Gasteiger partial charge is 0.460 e. The number of hydrogen-bond donors (Lipinski definition) is 2. The first-order chi connectivity index (χ1) is 17.0. The second-order valence-electron chi connectivity index (χ2n) is 13.8. The first-order valence-electron chi connectivity index (χ1n) is 14.0. The quantitative estimate of drug-likeness (QED) is 0.314. The van der Waals surface area contributed by atoms with E-state index >= 15 is 0 Å². The number of carbonyl (C=O) groups excluding carboxylic acids is 1. The summed E-state index contributed by atoms with van der Waals surface area (Å²) in [6.45, 7) is 21.0. The van der Waals surface area contributed by atoms with Crippen LogP contribution in [0.1, 0.15) is 93.9 Å². The number of ether oxygens (including phenoxy) is 2. The summed E-state index contributed by atoms with van der Waals surface area (Å²) in [5.41, 5.74) is 4.02. The fourth-order valence-electron chi connectivity index (χ4n) is 7.05. The van der Waals surface area contributed by atoms with Gasteiger partial charge < -0.3 is 19.7 Å². The highest BCUT2D eigenvalue weighted by molar-refractivity contribution is 5.71. The van der Waals surface area contributed by atoms with E-state index in [-0.39, 0.29) is 41.0 Å². The van der Waals surface area contributed by atoms with Crippen molar-refractivity contribution < 1.29 is 24.5 Å². The Morgan fingerprint density at radius 2 is 1.84 bits per heavy atom. The van der Waals surface area contributed by atoms with Gasteiger partial charge in [0.05, 0.1) is 18.3 Å². The summed E-state index contributed by atoms with van der Waals surface area (Å²) < 4.78 is 12.0. The van der Waals surface area contributed by atoms with Crippen molar-refractivity contribution in [1.29, 1.82) is 0 Å². The van der Waals surface area contributed by atoms with Gasteiger partial charge >= 0.3 is 5.97 Å². The minimum absolute atomic E-state index is 0.00608. The van der Waals surface area contributed by atoms with Gasteiger partial charge in [0, 0.05) is 6.42 Å². The van der Waals surface area contributed by atoms with Gasteiger partial charge in [0.1, 0.15) is 12.7 Å². The first-order valence-corrected chi connectivity index (χ1v) is 14.0. The van der Waals surface area contributed by atoms with Crippen LogP contribution in [0.15, 0.2) is 47.1 Å². The molecule has 0 aromatic heterocycles. The minimum atomic E-state index is -0.670. The van der Waals surface area contributed by atoms with Gasteiger partial charge in [-0.2, -0.15) is 0 Å². The molecule has 0 aromatic rings. The minimum Gasteiger partial charge on any atom is -0.460 e. The molecular formula is C32H50O5. The monoisotopic (exact) mass is 514 g/mol. The lowest BCUT2D eigenvalue weighted by Gasteiger charge is -2.42. The molecule has 5 heteroatoms. The molecule has 0 heterocycles. The van der Waals surface area contributed by atoms with Crippen LogP contribution >= 0.6 is 0 Å². The topological polar surface area (TPSA) is 76.0 Å². The van der Waals surface area contributed by atoms with Crippen LogP contribution in [-0.2, 0) is 14.3 Å². The zero-order valence-electron chi connectivity index (χ0n) is 24.4. The molecule has 2 N–H and O–H groups in total. The summed E-state index contributed by atoms with van der Waals surface area (Å²) in [5.74, 6) is 0.0823. The van der Waals surface area contributed by atoms with Crippen LogP contribution in [0.25, 0.3) is 0 Å². The Hall–Kier alpha value is -1.69. The zero-order chi connectivity index (χ0) is 27.8. The molecule has 0 radical (unpaired) electrons. The molecule has 0 saturated heterocycles. The molecule has 0 aromatic carbocycles. The normalized spacial score (nSPS) is 32.0. The molecule has 3 aliphatic carbocycles. The van der Waals surface area contributed by atoms with Gasteiger partial charge in [-0.25, -0.2) is 4.79 Å². The van der Waals surface area contributed by atoms with Crippen LogP contribution in [0.5, 0.6) is 0 Å². The van der Waals surface area contributed by atoms with E-state index in [1.807, 2.05) is 6.92 Å². The Labute approximate surface area is 224 Å². The van der Waals surface area contributed by atoms with Crippen LogP contribution in [-0.4, -0.2) is 47.2 Å². The van der Waals surface area contributed by atoms with E-state index in [1.165, 1.54) is 11.1 Å². The third-order valence-electron chi connectivity index (χ3n) is 8.59. The van der Waals surface area contributed by atoms with Gasteiger partial charge in [0.25, 0.3) is 0 Å². The number of rotatable bonds is 6. The lowest BCUT2D eigenvalue weighted by Crippen LogP contribution is -2.43. The molecule has 5 nitrogen and oxygen atoms in total. The van der Waals surface area contributed by atoms with Crippen LogP contribution in [0.3, 0.4) is 0 Å². The molecule has 1 unspecified atom stereocenters. The second-order valence-corrected chi connectivity index (χ2v) is 13.8. The number of fused-ring (bicyclic) bond motifs is 1. The number of hydrogen-bond acceptors (Lipinski definition) is 5. The summed E-state index contributed by atoms with van der Waals surface area (Å²) in [7, 11) is 0. The molecule has 3 aliphatic rings. The van der Waals surface area contributed by atoms with Crippen molar-refractivity contribution >= 4 is 5.97 Å². The Morgan fingerprint density at radius 3 is 2.46 bits per heavy atom. The molecule has 37 heavy (non-hydrogen) atoms. The van der Waals surface area contributed by atoms with Crippen LogP contribution in [0.2, 0.25) is 0 Å². The summed E-state index contributed by atoms with van der Waals surface area (Å²) in [5, 5.41) is 20.3. The smallest absolute Gasteiger partial charge is 0.332 e. The van der Waals surface area contributed by atoms with Crippen molar-refractivity contribution in [3.05, 3.63) is 47.1 Å². The number of aliphatic hydroxyl groups excluding tert-OH is 2. The molecule has 2 saturated carbocycles. The number of allylic oxidation sites excluding steroid dienone is 4. The van der Waals surface area contributed by atoms with Crippen molar-refractivity contribution in [3.8, 4) is 0 Å². The maximum atomic E-state index is 12.8. The molecule has 0 amide bonds. The summed E-state index contributed by atoms with van der Waals surface area (Å²) in [4.78, 5) is 12.8. The third kappa shape index (κ3) is 6.85. The summed E-state index contributed by atoms with van der Waals surface area (Å²) >= 11 is 0. The molecule has 0 aliphatic heterocycles. The SMILES string of the molecule is C=C1/C(=C\C=C2/CCC[C@]3(C)C(C(C)OCC(=O)OC(C(C)(C)C)C(C)(C)C)=CC[C@@H]23)C[C@@H](O)C[C@@H]1O. The molecule has 208 valence electrons. The maximum absolute atomic E-state index is 12.8. The molecule has 5 atom stereocenters. The predicted molar refractivity (Wildman–Crippen MR) is 149 cm³/mol. The van der Waals surface area contributed by atoms with E-state index in [4.69, 9.17) is 9.47 Å². The van der Waals surface area contributed by atoms with E-state index in [1.54, 1.807) is 0 Å².